The number of carbonyl (C=O) groups excluding carboxylic acids is 1. The van der Waals surface area contributed by atoms with Crippen LogP contribution in [0.5, 0.6) is 0 Å². The predicted octanol–water partition coefficient (Wildman–Crippen LogP) is 7.16. The molecule has 0 saturated carbocycles. The smallest absolute Gasteiger partial charge is 0.231 e. The Kier molecular flexibility index (Phi) is 9.36. The molecule has 0 spiro atoms. The van der Waals surface area contributed by atoms with Crippen LogP contribution in [0.2, 0.25) is 0 Å². The lowest BCUT2D eigenvalue weighted by Gasteiger charge is -2.43. The number of pyridine rings is 1. The maximum absolute atomic E-state index is 14.2. The van der Waals surface area contributed by atoms with Gasteiger partial charge in [-0.2, -0.15) is 4.31 Å². The highest BCUT2D eigenvalue weighted by Gasteiger charge is 2.41. The Morgan fingerprint density at radius 2 is 1.88 bits per heavy atom. The molecular weight excluding hydrogens is 625 g/mol. The molecule has 0 radical (unpaired) electrons. The van der Waals surface area contributed by atoms with Crippen molar-refractivity contribution in [1.82, 2.24) is 34.3 Å². The zero-order valence-corrected chi connectivity index (χ0v) is 29.2. The predicted molar refractivity (Wildman–Crippen MR) is 189 cm³/mol. The van der Waals surface area contributed by atoms with Gasteiger partial charge in [0.25, 0.3) is 0 Å². The van der Waals surface area contributed by atoms with Crippen molar-refractivity contribution in [1.29, 1.82) is 0 Å². The van der Waals surface area contributed by atoms with Crippen LogP contribution in [0.15, 0.2) is 72.3 Å². The summed E-state index contributed by atoms with van der Waals surface area (Å²) in [4.78, 5) is 27.3. The summed E-state index contributed by atoms with van der Waals surface area (Å²) in [5, 5.41) is 11.9. The van der Waals surface area contributed by atoms with Gasteiger partial charge < -0.3 is 5.32 Å². The van der Waals surface area contributed by atoms with Gasteiger partial charge in [-0.1, -0.05) is 56.7 Å². The maximum atomic E-state index is 14.2. The maximum Gasteiger partial charge on any atom is 0.231 e. The van der Waals surface area contributed by atoms with E-state index >= 15 is 0 Å². The van der Waals surface area contributed by atoms with Crippen molar-refractivity contribution in [2.75, 3.05) is 11.9 Å². The number of nitrogens with one attached hydrogen (secondary N) is 1. The average molecular weight is 669 g/mol. The lowest BCUT2D eigenvalue weighted by molar-refractivity contribution is -0.124. The summed E-state index contributed by atoms with van der Waals surface area (Å²) in [5.41, 5.74) is 6.91. The van der Waals surface area contributed by atoms with Gasteiger partial charge in [0.05, 0.1) is 39.6 Å². The Morgan fingerprint density at radius 3 is 2.60 bits per heavy atom. The van der Waals surface area contributed by atoms with Crippen LogP contribution in [-0.4, -0.2) is 55.8 Å². The van der Waals surface area contributed by atoms with Gasteiger partial charge in [0.2, 0.25) is 5.91 Å². The van der Waals surface area contributed by atoms with E-state index in [1.165, 1.54) is 6.33 Å². The van der Waals surface area contributed by atoms with Crippen LogP contribution in [0.25, 0.3) is 11.0 Å². The van der Waals surface area contributed by atoms with Gasteiger partial charge in [-0.3, -0.25) is 18.9 Å². The number of rotatable bonds is 9. The molecule has 5 aromatic rings. The SMILES string of the molecule is CCC1Cc2ncccc2S(O)(O)N(Cc2cc(C(c3ccc4c(nnn4CC)c3C)C(C)(C)C(=O)Nc3cncnc3)ccc2C)C1. The molecule has 0 aliphatic carbocycles. The fraction of sp³-hybridized carbons (Fsp3) is 0.389. The minimum Gasteiger partial charge on any atom is -0.323 e. The summed E-state index contributed by atoms with van der Waals surface area (Å²) in [7, 11) is -3.29. The Hall–Kier alpha value is -4.23. The summed E-state index contributed by atoms with van der Waals surface area (Å²) in [6.45, 7) is 13.7. The third kappa shape index (κ3) is 6.21. The molecule has 2 aromatic carbocycles. The molecule has 3 N–H and O–H groups in total. The van der Waals surface area contributed by atoms with E-state index in [9.17, 15) is 13.9 Å². The second-order valence-electron chi connectivity index (χ2n) is 13.2. The second kappa shape index (κ2) is 13.3. The van der Waals surface area contributed by atoms with Crippen molar-refractivity contribution in [3.8, 4) is 0 Å². The number of aryl methyl sites for hydroxylation is 3. The first-order valence-electron chi connectivity index (χ1n) is 16.4. The number of nitrogens with zero attached hydrogens (tertiary/aromatic N) is 7. The number of hydrogen-bond acceptors (Lipinski definition) is 9. The standard InChI is InChI=1S/C36H44N8O3S/c1-7-25-16-30-32(10-9-15-39-30)48(46,47)43(20-25)21-27-17-26(12-11-23(27)3)33(36(5,6)35(45)40-28-18-37-22-38-19-28)29-13-14-31-34(24(29)4)41-42-44(31)8-2/h9-15,17-19,22,25,33,46-47H,7-8,16,20-21H2,1-6H3,(H,40,45). The number of carbonyl (C=O) groups is 1. The largest absolute Gasteiger partial charge is 0.323 e. The lowest BCUT2D eigenvalue weighted by atomic mass is 9.69. The molecule has 1 aliphatic rings. The fourth-order valence-electron chi connectivity index (χ4n) is 6.86. The topological polar surface area (TPSA) is 142 Å². The van der Waals surface area contributed by atoms with E-state index in [2.05, 4.69) is 61.8 Å². The summed E-state index contributed by atoms with van der Waals surface area (Å²) < 4.78 is 27.2. The van der Waals surface area contributed by atoms with Crippen LogP contribution in [0.4, 0.5) is 5.69 Å². The highest BCUT2D eigenvalue weighted by atomic mass is 32.3. The number of benzene rings is 2. The molecule has 3 aromatic heterocycles. The van der Waals surface area contributed by atoms with Gasteiger partial charge >= 0.3 is 0 Å². The van der Waals surface area contributed by atoms with Gasteiger partial charge in [0.15, 0.2) is 0 Å². The summed E-state index contributed by atoms with van der Waals surface area (Å²) in [6.07, 6.45) is 7.89. The molecule has 252 valence electrons. The highest BCUT2D eigenvalue weighted by molar-refractivity contribution is 8.22. The van der Waals surface area contributed by atoms with E-state index in [1.807, 2.05) is 49.7 Å². The number of hydrogen-bond donors (Lipinski definition) is 3. The second-order valence-corrected chi connectivity index (χ2v) is 15.2. The van der Waals surface area contributed by atoms with Crippen molar-refractivity contribution in [3.63, 3.8) is 0 Å². The van der Waals surface area contributed by atoms with Crippen molar-refractivity contribution in [3.05, 3.63) is 101 Å². The van der Waals surface area contributed by atoms with Gasteiger partial charge in [-0.05, 0) is 79.1 Å². The normalized spacial score (nSPS) is 17.8. The molecule has 0 saturated heterocycles. The molecule has 1 amide bonds. The number of fused-ring (bicyclic) bond motifs is 2. The monoisotopic (exact) mass is 668 g/mol. The Bertz CT molecular complexity index is 1940. The molecule has 1 aliphatic heterocycles. The Balaban J connectivity index is 1.45. The summed E-state index contributed by atoms with van der Waals surface area (Å²) in [6, 6.07) is 13.9. The zero-order valence-electron chi connectivity index (χ0n) is 28.4. The van der Waals surface area contributed by atoms with E-state index < -0.39 is 22.1 Å². The van der Waals surface area contributed by atoms with Crippen molar-refractivity contribution in [2.24, 2.45) is 11.3 Å². The first kappa shape index (κ1) is 33.7. The number of amides is 1. The molecule has 11 nitrogen and oxygen atoms in total. The molecule has 48 heavy (non-hydrogen) atoms. The van der Waals surface area contributed by atoms with Gasteiger partial charge in [0.1, 0.15) is 11.8 Å². The molecule has 6 rings (SSSR count). The van der Waals surface area contributed by atoms with Crippen LogP contribution in [0.1, 0.15) is 73.5 Å². The molecule has 0 fully saturated rings. The van der Waals surface area contributed by atoms with Crippen molar-refractivity contribution >= 4 is 33.4 Å². The van der Waals surface area contributed by atoms with Crippen LogP contribution in [0, 0.1) is 25.2 Å². The molecule has 2 atom stereocenters. The molecule has 0 bridgehead atoms. The van der Waals surface area contributed by atoms with Crippen LogP contribution < -0.4 is 5.32 Å². The third-order valence-electron chi connectivity index (χ3n) is 9.80. The minimum absolute atomic E-state index is 0.183. The van der Waals surface area contributed by atoms with E-state index in [1.54, 1.807) is 30.7 Å². The van der Waals surface area contributed by atoms with Gasteiger partial charge in [-0.15, -0.1) is 15.9 Å². The van der Waals surface area contributed by atoms with Crippen LogP contribution in [-0.2, 0) is 24.3 Å². The van der Waals surface area contributed by atoms with E-state index in [0.29, 0.717) is 36.6 Å². The molecule has 12 heteroatoms. The highest BCUT2D eigenvalue weighted by Crippen LogP contribution is 2.56. The van der Waals surface area contributed by atoms with E-state index in [0.717, 1.165) is 51.0 Å². The van der Waals surface area contributed by atoms with Gasteiger partial charge in [0, 0.05) is 31.7 Å². The number of aromatic nitrogens is 6. The minimum atomic E-state index is -3.29. The lowest BCUT2D eigenvalue weighted by Crippen LogP contribution is -2.37. The van der Waals surface area contributed by atoms with Crippen LogP contribution in [0.3, 0.4) is 0 Å². The fourth-order valence-corrected chi connectivity index (χ4v) is 8.58. The average Bonchev–Trinajstić information content (AvgIpc) is 3.46. The van der Waals surface area contributed by atoms with Crippen molar-refractivity contribution < 1.29 is 13.9 Å². The molecule has 4 heterocycles. The molecular formula is C36H44N8O3S. The molecule has 2 unspecified atom stereocenters. The number of anilines is 1. The van der Waals surface area contributed by atoms with Gasteiger partial charge in [-0.25, -0.2) is 14.6 Å². The first-order valence-corrected chi connectivity index (χ1v) is 17.9. The Labute approximate surface area is 283 Å². The first-order chi connectivity index (χ1) is 22.9. The van der Waals surface area contributed by atoms with Crippen LogP contribution >= 0.6 is 10.8 Å². The Morgan fingerprint density at radius 1 is 1.10 bits per heavy atom. The zero-order chi connectivity index (χ0) is 34.2. The summed E-state index contributed by atoms with van der Waals surface area (Å²) >= 11 is 0. The quantitative estimate of drug-likeness (QED) is 0.149. The van der Waals surface area contributed by atoms with E-state index in [4.69, 9.17) is 0 Å². The van der Waals surface area contributed by atoms with E-state index in [-0.39, 0.29) is 11.8 Å². The summed E-state index contributed by atoms with van der Waals surface area (Å²) in [5.74, 6) is -0.354. The third-order valence-corrected chi connectivity index (χ3v) is 11.8. The van der Waals surface area contributed by atoms with Crippen molar-refractivity contribution in [2.45, 2.75) is 78.3 Å².